The summed E-state index contributed by atoms with van der Waals surface area (Å²) in [6.45, 7) is 5.66. The molecule has 1 N–H and O–H groups in total. The lowest BCUT2D eigenvalue weighted by molar-refractivity contribution is -0.140. The largest absolute Gasteiger partial charge is 0.354 e. The van der Waals surface area contributed by atoms with Crippen molar-refractivity contribution in [2.75, 3.05) is 17.4 Å². The molecule has 230 valence electrons. The summed E-state index contributed by atoms with van der Waals surface area (Å²) < 4.78 is 42.8. The van der Waals surface area contributed by atoms with Crippen LogP contribution >= 0.6 is 0 Å². The maximum Gasteiger partial charge on any atom is 0.264 e. The SMILES string of the molecule is Cc1ccc(N(CC(=O)N(Cc2ccc(F)cc2)[C@H](Cc2ccccc2)C(=O)NCC(C)C)S(=O)(=O)c2ccccc2)cc1. The molecule has 0 radical (unpaired) electrons. The predicted molar refractivity (Wildman–Crippen MR) is 171 cm³/mol. The number of carbonyl (C=O) groups is 2. The van der Waals surface area contributed by atoms with Crippen molar-refractivity contribution in [3.63, 3.8) is 0 Å². The van der Waals surface area contributed by atoms with Crippen LogP contribution in [0.1, 0.15) is 30.5 Å². The topological polar surface area (TPSA) is 86.8 Å². The van der Waals surface area contributed by atoms with Crippen LogP contribution in [-0.4, -0.2) is 44.3 Å². The van der Waals surface area contributed by atoms with Crippen molar-refractivity contribution in [3.05, 3.63) is 132 Å². The van der Waals surface area contributed by atoms with Crippen molar-refractivity contribution in [2.24, 2.45) is 5.92 Å². The molecule has 0 heterocycles. The highest BCUT2D eigenvalue weighted by atomic mass is 32.2. The molecule has 0 saturated heterocycles. The van der Waals surface area contributed by atoms with Gasteiger partial charge in [0.15, 0.2) is 0 Å². The van der Waals surface area contributed by atoms with Gasteiger partial charge in [0.05, 0.1) is 10.6 Å². The second kappa shape index (κ2) is 14.8. The number of sulfonamides is 1. The van der Waals surface area contributed by atoms with E-state index in [2.05, 4.69) is 5.32 Å². The van der Waals surface area contributed by atoms with E-state index in [4.69, 9.17) is 0 Å². The minimum Gasteiger partial charge on any atom is -0.354 e. The van der Waals surface area contributed by atoms with Crippen LogP contribution < -0.4 is 9.62 Å². The fourth-order valence-electron chi connectivity index (χ4n) is 4.72. The van der Waals surface area contributed by atoms with Gasteiger partial charge in [0.25, 0.3) is 10.0 Å². The molecule has 4 aromatic rings. The number of nitrogens with one attached hydrogen (secondary N) is 1. The summed E-state index contributed by atoms with van der Waals surface area (Å²) in [7, 11) is -4.16. The van der Waals surface area contributed by atoms with Gasteiger partial charge in [0.2, 0.25) is 11.8 Å². The highest BCUT2D eigenvalue weighted by molar-refractivity contribution is 7.92. The zero-order valence-electron chi connectivity index (χ0n) is 25.2. The number of hydrogen-bond acceptors (Lipinski definition) is 4. The molecule has 0 saturated carbocycles. The molecule has 9 heteroatoms. The Labute approximate surface area is 259 Å². The van der Waals surface area contributed by atoms with Crippen LogP contribution in [0.2, 0.25) is 0 Å². The Morgan fingerprint density at radius 1 is 0.795 bits per heavy atom. The monoisotopic (exact) mass is 615 g/mol. The third kappa shape index (κ3) is 8.54. The zero-order valence-corrected chi connectivity index (χ0v) is 26.0. The first-order valence-electron chi connectivity index (χ1n) is 14.5. The molecule has 0 bridgehead atoms. The van der Waals surface area contributed by atoms with E-state index in [0.717, 1.165) is 15.4 Å². The highest BCUT2D eigenvalue weighted by Gasteiger charge is 2.34. The quantitative estimate of drug-likeness (QED) is 0.208. The van der Waals surface area contributed by atoms with Crippen molar-refractivity contribution in [1.82, 2.24) is 10.2 Å². The number of carbonyl (C=O) groups excluding carboxylic acids is 2. The number of hydrogen-bond donors (Lipinski definition) is 1. The van der Waals surface area contributed by atoms with Crippen LogP contribution in [0, 0.1) is 18.7 Å². The summed E-state index contributed by atoms with van der Waals surface area (Å²) in [5.74, 6) is -1.19. The second-order valence-electron chi connectivity index (χ2n) is 11.2. The Morgan fingerprint density at radius 2 is 1.39 bits per heavy atom. The lowest BCUT2D eigenvalue weighted by atomic mass is 10.0. The van der Waals surface area contributed by atoms with E-state index in [0.29, 0.717) is 17.8 Å². The van der Waals surface area contributed by atoms with E-state index < -0.39 is 34.3 Å². The molecule has 7 nitrogen and oxygen atoms in total. The van der Waals surface area contributed by atoms with Gasteiger partial charge in [-0.15, -0.1) is 0 Å². The molecule has 0 unspecified atom stereocenters. The Hall–Kier alpha value is -4.50. The van der Waals surface area contributed by atoms with E-state index in [1.807, 2.05) is 51.1 Å². The molecule has 4 aromatic carbocycles. The first kappa shape index (κ1) is 32.4. The number of amides is 2. The molecule has 2 amide bonds. The minimum atomic E-state index is -4.16. The Kier molecular flexibility index (Phi) is 10.9. The first-order chi connectivity index (χ1) is 21.0. The standard InChI is InChI=1S/C35H38FN3O4S/c1-26(2)23-37-35(41)33(22-28-10-6-4-7-11-28)38(24-29-16-18-30(36)19-17-29)34(40)25-39(31-20-14-27(3)15-21-31)44(42,43)32-12-8-5-9-13-32/h4-21,26,33H,22-25H2,1-3H3,(H,37,41)/t33-/m1/s1. The summed E-state index contributed by atoms with van der Waals surface area (Å²) in [6, 6.07) is 28.9. The molecule has 0 aliphatic carbocycles. The number of rotatable bonds is 13. The van der Waals surface area contributed by atoms with Crippen molar-refractivity contribution in [3.8, 4) is 0 Å². The zero-order chi connectivity index (χ0) is 31.7. The van der Waals surface area contributed by atoms with Gasteiger partial charge in [0, 0.05) is 19.5 Å². The van der Waals surface area contributed by atoms with Crippen molar-refractivity contribution < 1.29 is 22.4 Å². The Bertz CT molecular complexity index is 1630. The molecule has 0 aliphatic rings. The van der Waals surface area contributed by atoms with Gasteiger partial charge < -0.3 is 10.2 Å². The van der Waals surface area contributed by atoms with E-state index in [1.165, 1.54) is 29.2 Å². The van der Waals surface area contributed by atoms with Crippen molar-refractivity contribution >= 4 is 27.5 Å². The number of aryl methyl sites for hydroxylation is 1. The third-order valence-corrected chi connectivity index (χ3v) is 8.94. The summed E-state index contributed by atoms with van der Waals surface area (Å²) in [4.78, 5) is 29.6. The minimum absolute atomic E-state index is 0.0289. The molecule has 1 atom stereocenters. The molecule has 44 heavy (non-hydrogen) atoms. The number of benzene rings is 4. The van der Waals surface area contributed by atoms with Crippen LogP contribution in [0.4, 0.5) is 10.1 Å². The second-order valence-corrected chi connectivity index (χ2v) is 13.0. The van der Waals surface area contributed by atoms with E-state index in [9.17, 15) is 22.4 Å². The van der Waals surface area contributed by atoms with Crippen LogP contribution in [0.3, 0.4) is 0 Å². The van der Waals surface area contributed by atoms with Gasteiger partial charge in [-0.25, -0.2) is 12.8 Å². The van der Waals surface area contributed by atoms with Crippen molar-refractivity contribution in [2.45, 2.75) is 44.7 Å². The van der Waals surface area contributed by atoms with Gasteiger partial charge in [0.1, 0.15) is 18.4 Å². The van der Waals surface area contributed by atoms with Gasteiger partial charge in [-0.1, -0.05) is 92.2 Å². The highest BCUT2D eigenvalue weighted by Crippen LogP contribution is 2.25. The first-order valence-corrected chi connectivity index (χ1v) is 16.0. The molecule has 0 aliphatic heterocycles. The summed E-state index contributed by atoms with van der Waals surface area (Å²) in [5.41, 5.74) is 2.68. The molecular formula is C35H38FN3O4S. The Morgan fingerprint density at radius 3 is 1.98 bits per heavy atom. The van der Waals surface area contributed by atoms with Gasteiger partial charge in [-0.2, -0.15) is 0 Å². The predicted octanol–water partition coefficient (Wildman–Crippen LogP) is 5.74. The fraction of sp³-hybridized carbons (Fsp3) is 0.257. The molecule has 0 fully saturated rings. The molecular weight excluding hydrogens is 577 g/mol. The third-order valence-electron chi connectivity index (χ3n) is 7.15. The Balaban J connectivity index is 1.78. The summed E-state index contributed by atoms with van der Waals surface area (Å²) in [5, 5.41) is 2.96. The van der Waals surface area contributed by atoms with Crippen LogP contribution in [0.25, 0.3) is 0 Å². The lowest BCUT2D eigenvalue weighted by Gasteiger charge is -2.34. The summed E-state index contributed by atoms with van der Waals surface area (Å²) >= 11 is 0. The maximum absolute atomic E-state index is 14.4. The number of nitrogens with zero attached hydrogens (tertiary/aromatic N) is 2. The van der Waals surface area contributed by atoms with Gasteiger partial charge in [-0.05, 0) is 60.4 Å². The molecule has 0 aromatic heterocycles. The number of halogens is 1. The lowest BCUT2D eigenvalue weighted by Crippen LogP contribution is -2.53. The smallest absolute Gasteiger partial charge is 0.264 e. The molecule has 4 rings (SSSR count). The van der Waals surface area contributed by atoms with Gasteiger partial charge in [-0.3, -0.25) is 13.9 Å². The molecule has 0 spiro atoms. The maximum atomic E-state index is 14.4. The van der Waals surface area contributed by atoms with Crippen LogP contribution in [-0.2, 0) is 32.6 Å². The van der Waals surface area contributed by atoms with Crippen LogP contribution in [0.15, 0.2) is 114 Å². The summed E-state index contributed by atoms with van der Waals surface area (Å²) in [6.07, 6.45) is 0.202. The average molecular weight is 616 g/mol. The van der Waals surface area contributed by atoms with E-state index >= 15 is 0 Å². The normalized spacial score (nSPS) is 12.0. The van der Waals surface area contributed by atoms with E-state index in [-0.39, 0.29) is 29.7 Å². The number of anilines is 1. The van der Waals surface area contributed by atoms with Crippen LogP contribution in [0.5, 0.6) is 0 Å². The van der Waals surface area contributed by atoms with Crippen molar-refractivity contribution in [1.29, 1.82) is 0 Å². The average Bonchev–Trinajstić information content (AvgIpc) is 3.02. The van der Waals surface area contributed by atoms with Gasteiger partial charge >= 0.3 is 0 Å². The van der Waals surface area contributed by atoms with E-state index in [1.54, 1.807) is 54.6 Å². The fourth-order valence-corrected chi connectivity index (χ4v) is 6.16.